The maximum absolute atomic E-state index is 11.1. The van der Waals surface area contributed by atoms with Crippen LogP contribution in [0.15, 0.2) is 54.6 Å². The second kappa shape index (κ2) is 7.74. The van der Waals surface area contributed by atoms with Gasteiger partial charge in [0, 0.05) is 44.7 Å². The van der Waals surface area contributed by atoms with Gasteiger partial charge < -0.3 is 15.2 Å². The smallest absolute Gasteiger partial charge is 0.269 e. The van der Waals surface area contributed by atoms with Gasteiger partial charge in [0.25, 0.3) is 5.69 Å². The molecule has 1 atom stereocenters. The highest BCUT2D eigenvalue weighted by Gasteiger charge is 2.31. The van der Waals surface area contributed by atoms with Crippen LogP contribution in [0, 0.1) is 10.1 Å². The van der Waals surface area contributed by atoms with Crippen LogP contribution in [0.3, 0.4) is 0 Å². The highest BCUT2D eigenvalue weighted by atomic mass is 16.6. The zero-order valence-electron chi connectivity index (χ0n) is 13.9. The van der Waals surface area contributed by atoms with Gasteiger partial charge in [0.05, 0.1) is 16.6 Å². The second-order valence-corrected chi connectivity index (χ2v) is 6.41. The predicted octanol–water partition coefficient (Wildman–Crippen LogP) is 2.82. The zero-order valence-corrected chi connectivity index (χ0v) is 13.9. The van der Waals surface area contributed by atoms with E-state index in [1.165, 1.54) is 6.07 Å². The molecule has 0 spiro atoms. The van der Waals surface area contributed by atoms with Crippen molar-refractivity contribution >= 4 is 5.69 Å². The number of hydrogen-bond donors (Lipinski definition) is 2. The Morgan fingerprint density at radius 2 is 1.80 bits per heavy atom. The van der Waals surface area contributed by atoms with Gasteiger partial charge in [-0.3, -0.25) is 10.1 Å². The van der Waals surface area contributed by atoms with Crippen LogP contribution in [0.25, 0.3) is 0 Å². The van der Waals surface area contributed by atoms with E-state index in [4.69, 9.17) is 4.74 Å². The molecule has 3 rings (SSSR count). The summed E-state index contributed by atoms with van der Waals surface area (Å²) in [5.74, 6) is 0. The molecule has 2 aromatic carbocycles. The number of nitrogens with zero attached hydrogens (tertiary/aromatic N) is 1. The van der Waals surface area contributed by atoms with Crippen molar-refractivity contribution < 1.29 is 14.8 Å². The number of nitro groups is 1. The van der Waals surface area contributed by atoms with Crippen LogP contribution >= 0.6 is 0 Å². The Kier molecular flexibility index (Phi) is 5.43. The molecule has 2 aromatic rings. The molecule has 6 heteroatoms. The van der Waals surface area contributed by atoms with E-state index in [9.17, 15) is 15.2 Å². The number of rotatable bonds is 6. The van der Waals surface area contributed by atoms with Crippen molar-refractivity contribution in [3.8, 4) is 0 Å². The number of ether oxygens (including phenoxy) is 1. The second-order valence-electron chi connectivity index (χ2n) is 6.41. The molecule has 2 N–H and O–H groups in total. The van der Waals surface area contributed by atoms with E-state index in [1.54, 1.807) is 12.1 Å². The van der Waals surface area contributed by atoms with E-state index in [0.29, 0.717) is 32.6 Å². The summed E-state index contributed by atoms with van der Waals surface area (Å²) < 4.78 is 5.32. The first kappa shape index (κ1) is 17.5. The number of nitro benzene ring substituents is 1. The molecule has 25 heavy (non-hydrogen) atoms. The van der Waals surface area contributed by atoms with Crippen LogP contribution in [0.2, 0.25) is 0 Å². The van der Waals surface area contributed by atoms with E-state index in [2.05, 4.69) is 5.32 Å². The summed E-state index contributed by atoms with van der Waals surface area (Å²) in [6, 6.07) is 16.1. The molecule has 1 unspecified atom stereocenters. The van der Waals surface area contributed by atoms with Crippen molar-refractivity contribution in [3.05, 3.63) is 75.8 Å². The maximum Gasteiger partial charge on any atom is 0.269 e. The van der Waals surface area contributed by atoms with Gasteiger partial charge in [-0.2, -0.15) is 0 Å². The standard InChI is InChI=1S/C19H22N2O4/c22-19(9-11-25-12-10-19)14-20-18(15-5-2-1-3-6-15)16-7-4-8-17(13-16)21(23)24/h1-8,13,18,20,22H,9-12,14H2. The highest BCUT2D eigenvalue weighted by Crippen LogP contribution is 2.27. The van der Waals surface area contributed by atoms with Crippen LogP contribution in [-0.4, -0.2) is 35.4 Å². The highest BCUT2D eigenvalue weighted by molar-refractivity contribution is 5.40. The summed E-state index contributed by atoms with van der Waals surface area (Å²) in [5, 5.41) is 25.2. The zero-order chi connectivity index (χ0) is 17.7. The minimum absolute atomic E-state index is 0.0602. The molecule has 1 fully saturated rings. The summed E-state index contributed by atoms with van der Waals surface area (Å²) in [4.78, 5) is 10.7. The van der Waals surface area contributed by atoms with Crippen LogP contribution in [-0.2, 0) is 4.74 Å². The molecule has 1 aliphatic rings. The summed E-state index contributed by atoms with van der Waals surface area (Å²) in [7, 11) is 0. The van der Waals surface area contributed by atoms with Gasteiger partial charge >= 0.3 is 0 Å². The Morgan fingerprint density at radius 3 is 2.48 bits per heavy atom. The SMILES string of the molecule is O=[N+]([O-])c1cccc(C(NCC2(O)CCOCC2)c2ccccc2)c1. The maximum atomic E-state index is 11.1. The van der Waals surface area contributed by atoms with E-state index in [0.717, 1.165) is 11.1 Å². The molecule has 6 nitrogen and oxygen atoms in total. The van der Waals surface area contributed by atoms with E-state index >= 15 is 0 Å². The number of aliphatic hydroxyl groups is 1. The third-order valence-electron chi connectivity index (χ3n) is 4.61. The minimum Gasteiger partial charge on any atom is -0.388 e. The average Bonchev–Trinajstić information content (AvgIpc) is 2.63. The lowest BCUT2D eigenvalue weighted by molar-refractivity contribution is -0.384. The van der Waals surface area contributed by atoms with Crippen molar-refractivity contribution in [3.63, 3.8) is 0 Å². The van der Waals surface area contributed by atoms with E-state index in [-0.39, 0.29) is 11.7 Å². The monoisotopic (exact) mass is 342 g/mol. The van der Waals surface area contributed by atoms with Gasteiger partial charge in [-0.05, 0) is 11.1 Å². The Labute approximate surface area is 146 Å². The topological polar surface area (TPSA) is 84.6 Å². The van der Waals surface area contributed by atoms with Gasteiger partial charge in [-0.15, -0.1) is 0 Å². The molecule has 0 bridgehead atoms. The molecule has 1 saturated heterocycles. The first-order valence-electron chi connectivity index (χ1n) is 8.40. The summed E-state index contributed by atoms with van der Waals surface area (Å²) in [6.07, 6.45) is 1.16. The molecule has 0 saturated carbocycles. The fraction of sp³-hybridized carbons (Fsp3) is 0.368. The lowest BCUT2D eigenvalue weighted by Gasteiger charge is -2.34. The molecular weight excluding hydrogens is 320 g/mol. The number of benzene rings is 2. The number of hydrogen-bond acceptors (Lipinski definition) is 5. The molecular formula is C19H22N2O4. The van der Waals surface area contributed by atoms with E-state index in [1.807, 2.05) is 36.4 Å². The predicted molar refractivity (Wildman–Crippen MR) is 94.4 cm³/mol. The number of non-ortho nitro benzene ring substituents is 1. The van der Waals surface area contributed by atoms with Crippen molar-refractivity contribution in [2.45, 2.75) is 24.5 Å². The average molecular weight is 342 g/mol. The van der Waals surface area contributed by atoms with Crippen molar-refractivity contribution in [1.29, 1.82) is 0 Å². The fourth-order valence-electron chi connectivity index (χ4n) is 3.11. The Bertz CT molecular complexity index is 714. The van der Waals surface area contributed by atoms with Crippen LogP contribution < -0.4 is 5.32 Å². The lowest BCUT2D eigenvalue weighted by Crippen LogP contribution is -2.46. The van der Waals surface area contributed by atoms with Crippen LogP contribution in [0.1, 0.15) is 30.0 Å². The summed E-state index contributed by atoms with van der Waals surface area (Å²) in [6.45, 7) is 1.49. The Balaban J connectivity index is 1.85. The van der Waals surface area contributed by atoms with Crippen LogP contribution in [0.5, 0.6) is 0 Å². The molecule has 0 aromatic heterocycles. The summed E-state index contributed by atoms with van der Waals surface area (Å²) >= 11 is 0. The quantitative estimate of drug-likeness (QED) is 0.623. The Hall–Kier alpha value is -2.28. The third-order valence-corrected chi connectivity index (χ3v) is 4.61. The normalized spacial score (nSPS) is 17.8. The van der Waals surface area contributed by atoms with E-state index < -0.39 is 10.5 Å². The molecule has 1 heterocycles. The Morgan fingerprint density at radius 1 is 1.12 bits per heavy atom. The van der Waals surface area contributed by atoms with Crippen LogP contribution in [0.4, 0.5) is 5.69 Å². The van der Waals surface area contributed by atoms with Gasteiger partial charge in [0.2, 0.25) is 0 Å². The largest absolute Gasteiger partial charge is 0.388 e. The first-order chi connectivity index (χ1) is 12.1. The van der Waals surface area contributed by atoms with Gasteiger partial charge in [0.1, 0.15) is 0 Å². The molecule has 0 aliphatic carbocycles. The molecule has 132 valence electrons. The van der Waals surface area contributed by atoms with Crippen molar-refractivity contribution in [1.82, 2.24) is 5.32 Å². The number of nitrogens with one attached hydrogen (secondary N) is 1. The van der Waals surface area contributed by atoms with Gasteiger partial charge in [-0.1, -0.05) is 42.5 Å². The third kappa shape index (κ3) is 4.42. The van der Waals surface area contributed by atoms with Crippen molar-refractivity contribution in [2.24, 2.45) is 0 Å². The molecule has 0 amide bonds. The first-order valence-corrected chi connectivity index (χ1v) is 8.40. The minimum atomic E-state index is -0.813. The summed E-state index contributed by atoms with van der Waals surface area (Å²) in [5.41, 5.74) is 1.05. The molecule has 0 radical (unpaired) electrons. The fourth-order valence-corrected chi connectivity index (χ4v) is 3.11. The molecule has 1 aliphatic heterocycles. The van der Waals surface area contributed by atoms with Crippen molar-refractivity contribution in [2.75, 3.05) is 19.8 Å². The lowest BCUT2D eigenvalue weighted by atomic mass is 9.92. The van der Waals surface area contributed by atoms with Gasteiger partial charge in [0.15, 0.2) is 0 Å². The van der Waals surface area contributed by atoms with Gasteiger partial charge in [-0.25, -0.2) is 0 Å².